The van der Waals surface area contributed by atoms with Crippen molar-refractivity contribution >= 4 is 11.4 Å². The molecule has 0 spiro atoms. The number of aliphatic hydroxyl groups is 1. The van der Waals surface area contributed by atoms with Crippen LogP contribution in [0.1, 0.15) is 36.5 Å². The highest BCUT2D eigenvalue weighted by Crippen LogP contribution is 2.50. The Labute approximate surface area is 156 Å². The van der Waals surface area contributed by atoms with Gasteiger partial charge in [-0.3, -0.25) is 4.79 Å². The fourth-order valence-electron chi connectivity index (χ4n) is 5.28. The van der Waals surface area contributed by atoms with Gasteiger partial charge in [-0.15, -0.1) is 0 Å². The van der Waals surface area contributed by atoms with E-state index in [-0.39, 0.29) is 34.9 Å². The van der Waals surface area contributed by atoms with Gasteiger partial charge in [0.05, 0.1) is 11.1 Å². The summed E-state index contributed by atoms with van der Waals surface area (Å²) in [6.45, 7) is 1.97. The average Bonchev–Trinajstić information content (AvgIpc) is 3.00. The van der Waals surface area contributed by atoms with E-state index in [9.17, 15) is 18.7 Å². The predicted molar refractivity (Wildman–Crippen MR) is 99.1 cm³/mol. The molecule has 0 heterocycles. The molecule has 0 saturated heterocycles. The van der Waals surface area contributed by atoms with E-state index in [0.717, 1.165) is 5.56 Å². The Morgan fingerprint density at radius 1 is 1.11 bits per heavy atom. The zero-order valence-electron chi connectivity index (χ0n) is 15.1. The van der Waals surface area contributed by atoms with Crippen LogP contribution >= 0.6 is 0 Å². The first-order valence-electron chi connectivity index (χ1n) is 9.56. The van der Waals surface area contributed by atoms with E-state index in [1.54, 1.807) is 12.1 Å². The number of allylic oxidation sites excluding steroid dienone is 2. The van der Waals surface area contributed by atoms with Crippen molar-refractivity contribution in [2.45, 2.75) is 32.6 Å². The number of halogens is 2. The van der Waals surface area contributed by atoms with Gasteiger partial charge in [0.15, 0.2) is 5.78 Å². The van der Waals surface area contributed by atoms with Crippen LogP contribution in [0.3, 0.4) is 0 Å². The van der Waals surface area contributed by atoms with Crippen molar-refractivity contribution in [1.29, 1.82) is 0 Å². The molecule has 2 nitrogen and oxygen atoms in total. The van der Waals surface area contributed by atoms with E-state index in [0.29, 0.717) is 47.9 Å². The van der Waals surface area contributed by atoms with Gasteiger partial charge in [-0.2, -0.15) is 0 Å². The van der Waals surface area contributed by atoms with E-state index < -0.39 is 11.6 Å². The van der Waals surface area contributed by atoms with Crippen molar-refractivity contribution < 1.29 is 18.7 Å². The summed E-state index contributed by atoms with van der Waals surface area (Å²) < 4.78 is 29.6. The molecule has 4 aliphatic carbocycles. The number of Topliss-reactive ketones (excluding diaryl/α,β-unsaturated/α-hetero) is 1. The quantitative estimate of drug-likeness (QED) is 0.749. The Kier molecular flexibility index (Phi) is 3.55. The van der Waals surface area contributed by atoms with Gasteiger partial charge >= 0.3 is 0 Å². The summed E-state index contributed by atoms with van der Waals surface area (Å²) in [7, 11) is 0. The Hall–Kier alpha value is -2.49. The molecule has 2 aromatic rings. The van der Waals surface area contributed by atoms with E-state index in [2.05, 4.69) is 0 Å². The molecule has 0 aliphatic heterocycles. The third-order valence-corrected chi connectivity index (χ3v) is 6.57. The summed E-state index contributed by atoms with van der Waals surface area (Å²) in [6, 6.07) is 7.97. The molecule has 3 unspecified atom stereocenters. The number of carbonyl (C=O) groups excluding carboxylic acids is 1. The van der Waals surface area contributed by atoms with Crippen LogP contribution in [0, 0.1) is 29.4 Å². The molecular formula is C23H20F2O2. The van der Waals surface area contributed by atoms with Crippen molar-refractivity contribution in [2.24, 2.45) is 17.8 Å². The summed E-state index contributed by atoms with van der Waals surface area (Å²) in [5.41, 5.74) is 2.79. The largest absolute Gasteiger partial charge is 0.511 e. The number of hydrogen-bond donors (Lipinski definition) is 1. The molecule has 4 aliphatic rings. The van der Waals surface area contributed by atoms with E-state index >= 15 is 0 Å². The van der Waals surface area contributed by atoms with Crippen molar-refractivity contribution in [3.8, 4) is 11.1 Å². The number of fused-ring (bicyclic) bond motifs is 3. The first kappa shape index (κ1) is 16.7. The van der Waals surface area contributed by atoms with Crippen LogP contribution in [0.15, 0.2) is 36.1 Å². The first-order chi connectivity index (χ1) is 13.0. The molecule has 0 amide bonds. The maximum Gasteiger partial charge on any atom is 0.170 e. The molecule has 0 aromatic heterocycles. The number of ketones is 1. The van der Waals surface area contributed by atoms with Crippen LogP contribution in [-0.2, 0) is 17.6 Å². The smallest absolute Gasteiger partial charge is 0.170 e. The maximum atomic E-state index is 14.8. The lowest BCUT2D eigenvalue weighted by Gasteiger charge is -2.26. The molecule has 1 saturated carbocycles. The zero-order chi connectivity index (χ0) is 18.9. The van der Waals surface area contributed by atoms with Crippen molar-refractivity contribution in [1.82, 2.24) is 0 Å². The number of carbonyl (C=O) groups is 1. The van der Waals surface area contributed by atoms with E-state index in [1.807, 2.05) is 13.0 Å². The van der Waals surface area contributed by atoms with Crippen LogP contribution in [0.5, 0.6) is 0 Å². The van der Waals surface area contributed by atoms with Gasteiger partial charge in [-0.1, -0.05) is 19.1 Å². The highest BCUT2D eigenvalue weighted by molar-refractivity contribution is 6.24. The van der Waals surface area contributed by atoms with Crippen molar-refractivity contribution in [3.63, 3.8) is 0 Å². The molecule has 6 rings (SSSR count). The highest BCUT2D eigenvalue weighted by Gasteiger charge is 2.47. The second-order valence-corrected chi connectivity index (χ2v) is 8.02. The fraction of sp³-hybridized carbons (Fsp3) is 0.348. The second-order valence-electron chi connectivity index (χ2n) is 8.02. The Morgan fingerprint density at radius 2 is 1.85 bits per heavy atom. The van der Waals surface area contributed by atoms with Crippen molar-refractivity contribution in [3.05, 3.63) is 64.4 Å². The topological polar surface area (TPSA) is 37.3 Å². The number of aliphatic hydroxyl groups excluding tert-OH is 1. The molecule has 3 atom stereocenters. The minimum absolute atomic E-state index is 0.000476. The standard InChI is InChI=1S/C23H20F2O2/c1-2-12-3-4-13-9-16(12)21-22(26)15-8-14(17(10-15)23(21)27)5-11-6-18(24)20(13)19(25)7-11/h3-4,6-7,9,14-15,17,26H,2,5,8,10H2,1H3. The van der Waals surface area contributed by atoms with Crippen molar-refractivity contribution in [2.75, 3.05) is 0 Å². The Balaban J connectivity index is 1.87. The van der Waals surface area contributed by atoms with Crippen LogP contribution in [0.2, 0.25) is 0 Å². The number of rotatable bonds is 1. The zero-order valence-corrected chi connectivity index (χ0v) is 15.1. The summed E-state index contributed by atoms with van der Waals surface area (Å²) in [5.74, 6) is -1.25. The molecule has 27 heavy (non-hydrogen) atoms. The van der Waals surface area contributed by atoms with Gasteiger partial charge in [0.1, 0.15) is 17.4 Å². The lowest BCUT2D eigenvalue weighted by molar-refractivity contribution is -0.118. The lowest BCUT2D eigenvalue weighted by Crippen LogP contribution is -2.26. The molecule has 0 radical (unpaired) electrons. The lowest BCUT2D eigenvalue weighted by atomic mass is 9.78. The average molecular weight is 366 g/mol. The minimum atomic E-state index is -0.577. The van der Waals surface area contributed by atoms with E-state index in [1.165, 1.54) is 12.1 Å². The molecule has 2 aromatic carbocycles. The van der Waals surface area contributed by atoms with Gasteiger partial charge in [-0.05, 0) is 72.1 Å². The molecule has 138 valence electrons. The fourth-order valence-corrected chi connectivity index (χ4v) is 5.28. The number of hydrogen-bond acceptors (Lipinski definition) is 2. The molecule has 7 bridgehead atoms. The van der Waals surface area contributed by atoms with E-state index in [4.69, 9.17) is 0 Å². The monoisotopic (exact) mass is 366 g/mol. The highest BCUT2D eigenvalue weighted by atomic mass is 19.1. The first-order valence-corrected chi connectivity index (χ1v) is 9.56. The summed E-state index contributed by atoms with van der Waals surface area (Å²) in [5, 5.41) is 10.9. The minimum Gasteiger partial charge on any atom is -0.511 e. The van der Waals surface area contributed by atoms with Gasteiger partial charge < -0.3 is 5.11 Å². The predicted octanol–water partition coefficient (Wildman–Crippen LogP) is 5.24. The maximum absolute atomic E-state index is 14.8. The van der Waals surface area contributed by atoms with Crippen LogP contribution < -0.4 is 0 Å². The van der Waals surface area contributed by atoms with Crippen LogP contribution in [-0.4, -0.2) is 10.9 Å². The summed E-state index contributed by atoms with van der Waals surface area (Å²) in [6.07, 6.45) is 2.43. The summed E-state index contributed by atoms with van der Waals surface area (Å²) in [4.78, 5) is 13.3. The molecule has 4 heteroatoms. The number of benzene rings is 2. The van der Waals surface area contributed by atoms with Gasteiger partial charge in [0, 0.05) is 11.8 Å². The third-order valence-electron chi connectivity index (χ3n) is 6.57. The van der Waals surface area contributed by atoms with Gasteiger partial charge in [-0.25, -0.2) is 8.78 Å². The normalized spacial score (nSPS) is 25.7. The SMILES string of the molecule is CCc1ccc2cc1C1=C(O)C3CC(Cc4cc(F)c-2c(F)c4)C(C3)C1=O. The van der Waals surface area contributed by atoms with Crippen LogP contribution in [0.4, 0.5) is 8.78 Å². The van der Waals surface area contributed by atoms with Gasteiger partial charge in [0.2, 0.25) is 0 Å². The number of aryl methyl sites for hydroxylation is 1. The Morgan fingerprint density at radius 3 is 2.56 bits per heavy atom. The molecule has 1 N–H and O–H groups in total. The third kappa shape index (κ3) is 2.32. The summed E-state index contributed by atoms with van der Waals surface area (Å²) >= 11 is 0. The molecule has 1 fully saturated rings. The van der Waals surface area contributed by atoms with Crippen LogP contribution in [0.25, 0.3) is 16.7 Å². The molecular weight excluding hydrogens is 346 g/mol. The second kappa shape index (κ2) is 5.75. The van der Waals surface area contributed by atoms with Gasteiger partial charge in [0.25, 0.3) is 0 Å². The Bertz CT molecular complexity index is 998.